The maximum Gasteiger partial charge on any atom is 0.418 e. The minimum atomic E-state index is -4.55. The average Bonchev–Trinajstić information content (AvgIpc) is 2.85. The summed E-state index contributed by atoms with van der Waals surface area (Å²) in [6.45, 7) is 1.73. The fourth-order valence-corrected chi connectivity index (χ4v) is 2.38. The van der Waals surface area contributed by atoms with Crippen molar-refractivity contribution in [1.82, 2.24) is 9.78 Å². The topological polar surface area (TPSA) is 46.9 Å². The van der Waals surface area contributed by atoms with Gasteiger partial charge in [0.2, 0.25) is 0 Å². The van der Waals surface area contributed by atoms with Crippen molar-refractivity contribution < 1.29 is 18.0 Å². The van der Waals surface area contributed by atoms with E-state index in [0.29, 0.717) is 11.2 Å². The molecule has 1 N–H and O–H groups in total. The first-order valence-corrected chi connectivity index (χ1v) is 6.80. The molecule has 23 heavy (non-hydrogen) atoms. The Balaban J connectivity index is 2.00. The highest BCUT2D eigenvalue weighted by atomic mass is 19.4. The SMILES string of the molecule is Cc1nn(C(=O)Nc2ccccc2C(F)(F)F)c2ccccc12. The lowest BCUT2D eigenvalue weighted by Crippen LogP contribution is -2.22. The molecule has 0 atom stereocenters. The van der Waals surface area contributed by atoms with Gasteiger partial charge in [-0.25, -0.2) is 4.79 Å². The van der Waals surface area contributed by atoms with E-state index < -0.39 is 17.8 Å². The number of nitrogens with one attached hydrogen (secondary N) is 1. The number of benzene rings is 2. The number of rotatable bonds is 1. The van der Waals surface area contributed by atoms with E-state index in [1.54, 1.807) is 31.2 Å². The van der Waals surface area contributed by atoms with Crippen LogP contribution in [-0.2, 0) is 6.18 Å². The van der Waals surface area contributed by atoms with Crippen molar-refractivity contribution in [2.45, 2.75) is 13.1 Å². The van der Waals surface area contributed by atoms with E-state index in [1.165, 1.54) is 18.2 Å². The number of nitrogens with zero attached hydrogens (tertiary/aromatic N) is 2. The second-order valence-corrected chi connectivity index (χ2v) is 4.99. The Kier molecular flexibility index (Phi) is 3.55. The second-order valence-electron chi connectivity index (χ2n) is 4.99. The first-order chi connectivity index (χ1) is 10.9. The smallest absolute Gasteiger partial charge is 0.305 e. The molecule has 0 fully saturated rings. The molecule has 1 aromatic heterocycles. The number of hydrogen-bond donors (Lipinski definition) is 1. The van der Waals surface area contributed by atoms with Gasteiger partial charge >= 0.3 is 12.2 Å². The van der Waals surface area contributed by atoms with Crippen molar-refractivity contribution in [2.24, 2.45) is 0 Å². The van der Waals surface area contributed by atoms with Crippen LogP contribution in [0.15, 0.2) is 48.5 Å². The molecule has 118 valence electrons. The van der Waals surface area contributed by atoms with Crippen LogP contribution in [0.1, 0.15) is 11.3 Å². The van der Waals surface area contributed by atoms with Gasteiger partial charge in [-0.1, -0.05) is 30.3 Å². The molecule has 3 aromatic rings. The van der Waals surface area contributed by atoms with Gasteiger partial charge in [0.1, 0.15) is 0 Å². The van der Waals surface area contributed by atoms with Gasteiger partial charge < -0.3 is 5.32 Å². The van der Waals surface area contributed by atoms with Crippen LogP contribution in [0.3, 0.4) is 0 Å². The lowest BCUT2D eigenvalue weighted by molar-refractivity contribution is -0.136. The number of alkyl halides is 3. The summed E-state index contributed by atoms with van der Waals surface area (Å²) in [4.78, 5) is 12.3. The van der Waals surface area contributed by atoms with E-state index in [2.05, 4.69) is 10.4 Å². The second kappa shape index (κ2) is 5.42. The Morgan fingerprint density at radius 2 is 1.74 bits per heavy atom. The molecule has 0 aliphatic carbocycles. The van der Waals surface area contributed by atoms with Crippen LogP contribution in [-0.4, -0.2) is 15.8 Å². The summed E-state index contributed by atoms with van der Waals surface area (Å²) in [6, 6.07) is 11.1. The fraction of sp³-hybridized carbons (Fsp3) is 0.125. The molecule has 3 rings (SSSR count). The monoisotopic (exact) mass is 319 g/mol. The summed E-state index contributed by atoms with van der Waals surface area (Å²) in [6.07, 6.45) is -4.55. The van der Waals surface area contributed by atoms with E-state index in [1.807, 2.05) is 0 Å². The largest absolute Gasteiger partial charge is 0.418 e. The molecule has 2 aromatic carbocycles. The van der Waals surface area contributed by atoms with E-state index in [9.17, 15) is 18.0 Å². The quantitative estimate of drug-likeness (QED) is 0.720. The normalized spacial score (nSPS) is 11.7. The molecule has 4 nitrogen and oxygen atoms in total. The predicted molar refractivity (Wildman–Crippen MR) is 80.3 cm³/mol. The summed E-state index contributed by atoms with van der Waals surface area (Å²) >= 11 is 0. The van der Waals surface area contributed by atoms with Crippen LogP contribution >= 0.6 is 0 Å². The summed E-state index contributed by atoms with van der Waals surface area (Å²) in [7, 11) is 0. The highest BCUT2D eigenvalue weighted by Gasteiger charge is 2.33. The predicted octanol–water partition coefficient (Wildman–Crippen LogP) is 4.44. The minimum Gasteiger partial charge on any atom is -0.305 e. The third-order valence-electron chi connectivity index (χ3n) is 3.44. The number of carbonyl (C=O) groups is 1. The number of anilines is 1. The average molecular weight is 319 g/mol. The number of aryl methyl sites for hydroxylation is 1. The Morgan fingerprint density at radius 1 is 1.09 bits per heavy atom. The van der Waals surface area contributed by atoms with Crippen LogP contribution in [0, 0.1) is 6.92 Å². The van der Waals surface area contributed by atoms with Gasteiger partial charge in [0, 0.05) is 5.39 Å². The molecule has 0 spiro atoms. The standard InChI is InChI=1S/C16H12F3N3O/c1-10-11-6-2-5-9-14(11)22(21-10)15(23)20-13-8-4-3-7-12(13)16(17,18)19/h2-9H,1H3,(H,20,23). The molecule has 0 unspecified atom stereocenters. The molecular formula is C16H12F3N3O. The summed E-state index contributed by atoms with van der Waals surface area (Å²) < 4.78 is 40.0. The number of hydrogen-bond acceptors (Lipinski definition) is 2. The lowest BCUT2D eigenvalue weighted by atomic mass is 10.1. The van der Waals surface area contributed by atoms with E-state index in [-0.39, 0.29) is 5.69 Å². The fourth-order valence-electron chi connectivity index (χ4n) is 2.38. The third-order valence-corrected chi connectivity index (χ3v) is 3.44. The molecule has 0 aliphatic heterocycles. The van der Waals surface area contributed by atoms with E-state index in [4.69, 9.17) is 0 Å². The molecule has 0 radical (unpaired) electrons. The van der Waals surface area contributed by atoms with Gasteiger partial charge in [-0.2, -0.15) is 23.0 Å². The molecular weight excluding hydrogens is 307 g/mol. The summed E-state index contributed by atoms with van der Waals surface area (Å²) in [5, 5.41) is 7.15. The van der Waals surface area contributed by atoms with Crippen LogP contribution in [0.2, 0.25) is 0 Å². The molecule has 0 bridgehead atoms. The Morgan fingerprint density at radius 3 is 2.48 bits per heavy atom. The van der Waals surface area contributed by atoms with Crippen LogP contribution < -0.4 is 5.32 Å². The Labute approximate surface area is 129 Å². The van der Waals surface area contributed by atoms with Crippen molar-refractivity contribution in [3.05, 3.63) is 59.8 Å². The maximum absolute atomic E-state index is 13.0. The maximum atomic E-state index is 13.0. The number of fused-ring (bicyclic) bond motifs is 1. The zero-order chi connectivity index (χ0) is 16.6. The number of aromatic nitrogens is 2. The van der Waals surface area contributed by atoms with Crippen molar-refractivity contribution in [1.29, 1.82) is 0 Å². The third kappa shape index (κ3) is 2.77. The lowest BCUT2D eigenvalue weighted by Gasteiger charge is -2.13. The zero-order valence-electron chi connectivity index (χ0n) is 12.1. The molecule has 0 aliphatic rings. The molecule has 1 heterocycles. The number of amides is 1. The van der Waals surface area contributed by atoms with Crippen molar-refractivity contribution in [2.75, 3.05) is 5.32 Å². The molecule has 1 amide bonds. The highest BCUT2D eigenvalue weighted by Crippen LogP contribution is 2.34. The number of carbonyl (C=O) groups excluding carboxylic acids is 1. The van der Waals surface area contributed by atoms with Crippen LogP contribution in [0.4, 0.5) is 23.7 Å². The zero-order valence-corrected chi connectivity index (χ0v) is 12.1. The summed E-state index contributed by atoms with van der Waals surface area (Å²) in [5.74, 6) is 0. The van der Waals surface area contributed by atoms with Gasteiger partial charge in [-0.05, 0) is 25.1 Å². The molecule has 0 saturated heterocycles. The van der Waals surface area contributed by atoms with Gasteiger partial charge in [0.25, 0.3) is 0 Å². The number of halogens is 3. The van der Waals surface area contributed by atoms with Crippen molar-refractivity contribution in [3.8, 4) is 0 Å². The van der Waals surface area contributed by atoms with Crippen molar-refractivity contribution in [3.63, 3.8) is 0 Å². The highest BCUT2D eigenvalue weighted by molar-refractivity contribution is 5.98. The Hall–Kier alpha value is -2.83. The van der Waals surface area contributed by atoms with Crippen molar-refractivity contribution >= 4 is 22.6 Å². The first kappa shape index (κ1) is 15.1. The van der Waals surface area contributed by atoms with E-state index in [0.717, 1.165) is 16.1 Å². The van der Waals surface area contributed by atoms with Crippen LogP contribution in [0.25, 0.3) is 10.9 Å². The molecule has 0 saturated carbocycles. The van der Waals surface area contributed by atoms with E-state index >= 15 is 0 Å². The van der Waals surface area contributed by atoms with Crippen LogP contribution in [0.5, 0.6) is 0 Å². The Bertz CT molecular complexity index is 884. The van der Waals surface area contributed by atoms with Gasteiger partial charge in [-0.3, -0.25) is 0 Å². The first-order valence-electron chi connectivity index (χ1n) is 6.80. The number of para-hydroxylation sites is 2. The summed E-state index contributed by atoms with van der Waals surface area (Å²) in [5.41, 5.74) is -0.0457. The molecule has 7 heteroatoms. The minimum absolute atomic E-state index is 0.303. The van der Waals surface area contributed by atoms with Gasteiger partial charge in [0.15, 0.2) is 0 Å². The van der Waals surface area contributed by atoms with Gasteiger partial charge in [0.05, 0.1) is 22.5 Å². The van der Waals surface area contributed by atoms with Gasteiger partial charge in [-0.15, -0.1) is 0 Å².